The van der Waals surface area contributed by atoms with Crippen molar-refractivity contribution in [2.24, 2.45) is 5.84 Å². The molecule has 0 saturated carbocycles. The van der Waals surface area contributed by atoms with Gasteiger partial charge < -0.3 is 0 Å². The third kappa shape index (κ3) is 2.40. The Balaban J connectivity index is 1.93. The van der Waals surface area contributed by atoms with Crippen molar-refractivity contribution in [1.29, 1.82) is 0 Å². The van der Waals surface area contributed by atoms with Gasteiger partial charge in [0.2, 0.25) is 0 Å². The van der Waals surface area contributed by atoms with E-state index >= 15 is 0 Å². The molecule has 1 atom stereocenters. The van der Waals surface area contributed by atoms with E-state index in [4.69, 9.17) is 5.84 Å². The molecule has 0 fully saturated rings. The van der Waals surface area contributed by atoms with E-state index < -0.39 is 0 Å². The first-order valence-corrected chi connectivity index (χ1v) is 6.07. The molecule has 0 aliphatic rings. The van der Waals surface area contributed by atoms with Crippen molar-refractivity contribution in [3.63, 3.8) is 0 Å². The molecule has 0 bridgehead atoms. The average molecular weight is 267 g/mol. The van der Waals surface area contributed by atoms with Crippen molar-refractivity contribution >= 4 is 0 Å². The molecule has 2 heterocycles. The second-order valence-corrected chi connectivity index (χ2v) is 4.17. The summed E-state index contributed by atoms with van der Waals surface area (Å²) in [4.78, 5) is 9.52. The van der Waals surface area contributed by atoms with Crippen LogP contribution in [-0.4, -0.2) is 25.0 Å². The van der Waals surface area contributed by atoms with Crippen molar-refractivity contribution in [3.05, 3.63) is 66.5 Å². The highest BCUT2D eigenvalue weighted by atomic mass is 15.5. The predicted octanol–water partition coefficient (Wildman–Crippen LogP) is 0.610. The molecule has 2 aromatic heterocycles. The van der Waals surface area contributed by atoms with E-state index in [1.54, 1.807) is 23.4 Å². The molecule has 0 aliphatic heterocycles. The van der Waals surface area contributed by atoms with Gasteiger partial charge >= 0.3 is 0 Å². The summed E-state index contributed by atoms with van der Waals surface area (Å²) in [6.45, 7) is 0. The summed E-state index contributed by atoms with van der Waals surface area (Å²) >= 11 is 0. The first-order valence-electron chi connectivity index (χ1n) is 6.07. The van der Waals surface area contributed by atoms with Crippen LogP contribution in [0.15, 0.2) is 55.2 Å². The van der Waals surface area contributed by atoms with Gasteiger partial charge in [0.05, 0.1) is 17.9 Å². The van der Waals surface area contributed by atoms with Crippen LogP contribution in [0.5, 0.6) is 0 Å². The zero-order valence-corrected chi connectivity index (χ0v) is 10.6. The molecule has 1 aromatic carbocycles. The van der Waals surface area contributed by atoms with Gasteiger partial charge in [-0.05, 0) is 12.1 Å². The molecule has 0 spiro atoms. The number of nitrogens with zero attached hydrogens (tertiary/aromatic N) is 5. The van der Waals surface area contributed by atoms with Crippen molar-refractivity contribution in [2.45, 2.75) is 6.04 Å². The van der Waals surface area contributed by atoms with Gasteiger partial charge in [0.25, 0.3) is 0 Å². The van der Waals surface area contributed by atoms with Crippen molar-refractivity contribution in [3.8, 4) is 5.69 Å². The Bertz CT molecular complexity index is 665. The third-order valence-corrected chi connectivity index (χ3v) is 2.87. The van der Waals surface area contributed by atoms with E-state index in [0.29, 0.717) is 5.69 Å². The van der Waals surface area contributed by atoms with Crippen molar-refractivity contribution < 1.29 is 0 Å². The van der Waals surface area contributed by atoms with Crippen LogP contribution in [0, 0.1) is 0 Å². The molecule has 7 nitrogen and oxygen atoms in total. The summed E-state index contributed by atoms with van der Waals surface area (Å²) < 4.78 is 0. The van der Waals surface area contributed by atoms with E-state index in [1.807, 2.05) is 30.3 Å². The minimum atomic E-state index is -0.298. The second kappa shape index (κ2) is 5.55. The van der Waals surface area contributed by atoms with Gasteiger partial charge in [0, 0.05) is 18.0 Å². The Morgan fingerprint density at radius 1 is 1.05 bits per heavy atom. The van der Waals surface area contributed by atoms with E-state index in [0.717, 1.165) is 11.3 Å². The fraction of sp³-hybridized carbons (Fsp3) is 0.0769. The molecule has 0 saturated heterocycles. The molecule has 3 aromatic rings. The van der Waals surface area contributed by atoms with Crippen LogP contribution >= 0.6 is 0 Å². The van der Waals surface area contributed by atoms with E-state index in [-0.39, 0.29) is 6.04 Å². The van der Waals surface area contributed by atoms with Gasteiger partial charge in [0.15, 0.2) is 0 Å². The number of nitrogens with two attached hydrogens (primary N) is 1. The molecule has 3 N–H and O–H groups in total. The summed E-state index contributed by atoms with van der Waals surface area (Å²) in [5, 5.41) is 8.69. The summed E-state index contributed by atoms with van der Waals surface area (Å²) in [7, 11) is 0. The van der Waals surface area contributed by atoms with Crippen LogP contribution in [0.25, 0.3) is 5.69 Å². The monoisotopic (exact) mass is 267 g/mol. The number of aromatic nitrogens is 5. The van der Waals surface area contributed by atoms with Gasteiger partial charge in [-0.25, -0.2) is 15.4 Å². The lowest BCUT2D eigenvalue weighted by molar-refractivity contribution is 0.605. The van der Waals surface area contributed by atoms with Gasteiger partial charge in [-0.2, -0.15) is 15.0 Å². The lowest BCUT2D eigenvalue weighted by Crippen LogP contribution is -2.29. The molecule has 0 radical (unpaired) electrons. The summed E-state index contributed by atoms with van der Waals surface area (Å²) in [5.41, 5.74) is 5.12. The largest absolute Gasteiger partial charge is 0.271 e. The van der Waals surface area contributed by atoms with Crippen molar-refractivity contribution in [2.75, 3.05) is 0 Å². The quantitative estimate of drug-likeness (QED) is 0.531. The Morgan fingerprint density at radius 3 is 2.50 bits per heavy atom. The number of hydrogen-bond acceptors (Lipinski definition) is 6. The zero-order chi connectivity index (χ0) is 13.8. The maximum atomic E-state index is 5.60. The van der Waals surface area contributed by atoms with E-state index in [2.05, 4.69) is 25.6 Å². The van der Waals surface area contributed by atoms with Gasteiger partial charge in [-0.1, -0.05) is 18.2 Å². The highest BCUT2D eigenvalue weighted by molar-refractivity contribution is 5.29. The second-order valence-electron chi connectivity index (χ2n) is 4.17. The lowest BCUT2D eigenvalue weighted by atomic mass is 10.1. The fourth-order valence-electron chi connectivity index (χ4n) is 1.90. The number of hydrazine groups is 1. The number of nitrogens with one attached hydrogen (secondary N) is 1. The minimum absolute atomic E-state index is 0.298. The maximum Gasteiger partial charge on any atom is 0.115 e. The Hall–Kier alpha value is -2.64. The topological polar surface area (TPSA) is 94.5 Å². The standard InChI is InChI=1S/C13H13N7/c14-18-13(10-6-15-9-16-7-10)12-8-17-20(19-12)11-4-2-1-3-5-11/h1-9,13,18H,14H2. The van der Waals surface area contributed by atoms with Crippen LogP contribution in [0.4, 0.5) is 0 Å². The lowest BCUT2D eigenvalue weighted by Gasteiger charge is -2.11. The number of hydrogen-bond donors (Lipinski definition) is 2. The molecule has 20 heavy (non-hydrogen) atoms. The van der Waals surface area contributed by atoms with Gasteiger partial charge in [-0.3, -0.25) is 5.84 Å². The molecule has 7 heteroatoms. The maximum absolute atomic E-state index is 5.60. The molecular weight excluding hydrogens is 254 g/mol. The van der Waals surface area contributed by atoms with E-state index in [1.165, 1.54) is 6.33 Å². The first kappa shape index (κ1) is 12.4. The van der Waals surface area contributed by atoms with Crippen LogP contribution in [0.2, 0.25) is 0 Å². The zero-order valence-electron chi connectivity index (χ0n) is 10.6. The van der Waals surface area contributed by atoms with Gasteiger partial charge in [0.1, 0.15) is 12.0 Å². The summed E-state index contributed by atoms with van der Waals surface area (Å²) in [5.74, 6) is 5.60. The highest BCUT2D eigenvalue weighted by Gasteiger charge is 2.17. The van der Waals surface area contributed by atoms with Crippen LogP contribution < -0.4 is 11.3 Å². The molecule has 0 aliphatic carbocycles. The van der Waals surface area contributed by atoms with Crippen LogP contribution in [0.3, 0.4) is 0 Å². The van der Waals surface area contributed by atoms with E-state index in [9.17, 15) is 0 Å². The smallest absolute Gasteiger partial charge is 0.115 e. The van der Waals surface area contributed by atoms with Crippen molar-refractivity contribution in [1.82, 2.24) is 30.4 Å². The Kier molecular flexibility index (Phi) is 3.44. The first-order chi connectivity index (χ1) is 9.88. The Morgan fingerprint density at radius 2 is 1.80 bits per heavy atom. The fourth-order valence-corrected chi connectivity index (χ4v) is 1.90. The van der Waals surface area contributed by atoms with Crippen LogP contribution in [0.1, 0.15) is 17.3 Å². The summed E-state index contributed by atoms with van der Waals surface area (Å²) in [6, 6.07) is 9.37. The van der Waals surface area contributed by atoms with Gasteiger partial charge in [-0.15, -0.1) is 0 Å². The SMILES string of the molecule is NNC(c1cncnc1)c1cnn(-c2ccccc2)n1. The molecule has 1 unspecified atom stereocenters. The Labute approximate surface area is 115 Å². The molecule has 3 rings (SSSR count). The third-order valence-electron chi connectivity index (χ3n) is 2.87. The number of para-hydroxylation sites is 1. The number of benzene rings is 1. The average Bonchev–Trinajstić information content (AvgIpc) is 3.00. The van der Waals surface area contributed by atoms with Crippen LogP contribution in [-0.2, 0) is 0 Å². The molecule has 0 amide bonds. The normalized spacial score (nSPS) is 12.2. The molecule has 100 valence electrons. The minimum Gasteiger partial charge on any atom is -0.271 e. The summed E-state index contributed by atoms with van der Waals surface area (Å²) in [6.07, 6.45) is 6.53. The predicted molar refractivity (Wildman–Crippen MR) is 72.6 cm³/mol. The number of rotatable bonds is 4. The highest BCUT2D eigenvalue weighted by Crippen LogP contribution is 2.17. The molecular formula is C13H13N7.